The van der Waals surface area contributed by atoms with Crippen LogP contribution in [0.15, 0.2) is 53.4 Å². The lowest BCUT2D eigenvalue weighted by Crippen LogP contribution is -2.59. The molecule has 37 heavy (non-hydrogen) atoms. The summed E-state index contributed by atoms with van der Waals surface area (Å²) in [5, 5.41) is 4.52. The number of H-pyrrole nitrogens is 1. The van der Waals surface area contributed by atoms with Crippen molar-refractivity contribution in [3.05, 3.63) is 65.4 Å². The van der Waals surface area contributed by atoms with Crippen LogP contribution in [0.1, 0.15) is 61.4 Å². The second-order valence-corrected chi connectivity index (χ2v) is 13.5. The number of aromatic amines is 1. The first kappa shape index (κ1) is 23.4. The van der Waals surface area contributed by atoms with Gasteiger partial charge in [0.1, 0.15) is 6.04 Å². The van der Waals surface area contributed by atoms with Gasteiger partial charge in [0.25, 0.3) is 0 Å². The molecular formula is C29H33N3O4S. The lowest BCUT2D eigenvalue weighted by molar-refractivity contribution is -0.143. The monoisotopic (exact) mass is 519 g/mol. The normalized spacial score (nSPS) is 32.4. The Morgan fingerprint density at radius 1 is 0.973 bits per heavy atom. The van der Waals surface area contributed by atoms with E-state index in [9.17, 15) is 13.2 Å². The van der Waals surface area contributed by atoms with Gasteiger partial charge in [0, 0.05) is 28.6 Å². The molecule has 0 radical (unpaired) electrons. The minimum atomic E-state index is -3.63. The molecule has 1 aromatic heterocycles. The molecule has 4 fully saturated rings. The zero-order valence-electron chi connectivity index (χ0n) is 21.0. The number of methoxy groups -OCH3 is 1. The number of carbonyl (C=O) groups is 1. The van der Waals surface area contributed by atoms with Crippen molar-refractivity contribution in [2.45, 2.75) is 67.5 Å². The maximum Gasteiger partial charge on any atom is 0.323 e. The SMILES string of the molecule is COC(=O)[C@H]1Cc2c([nH]c3ccccc23)[C@H](c2ccc(S(=O)(=O)N[C@]34C[C@H]5C[C@H](C[C@H](C5)C3)C4)cc2)N1. The highest BCUT2D eigenvalue weighted by atomic mass is 32.2. The summed E-state index contributed by atoms with van der Waals surface area (Å²) in [6, 6.07) is 14.4. The molecule has 2 aromatic carbocycles. The summed E-state index contributed by atoms with van der Waals surface area (Å²) in [4.78, 5) is 16.3. The van der Waals surface area contributed by atoms with Gasteiger partial charge in [-0.3, -0.25) is 10.1 Å². The average Bonchev–Trinajstić information content (AvgIpc) is 3.25. The Bertz CT molecular complexity index is 1440. The lowest BCUT2D eigenvalue weighted by Gasteiger charge is -2.56. The summed E-state index contributed by atoms with van der Waals surface area (Å²) in [5.41, 5.74) is 3.74. The van der Waals surface area contributed by atoms with E-state index in [1.54, 1.807) is 12.1 Å². The van der Waals surface area contributed by atoms with Crippen molar-refractivity contribution in [2.75, 3.05) is 7.11 Å². The van der Waals surface area contributed by atoms with E-state index in [2.05, 4.69) is 21.1 Å². The average molecular weight is 520 g/mol. The second-order valence-electron chi connectivity index (χ2n) is 11.8. The van der Waals surface area contributed by atoms with Crippen molar-refractivity contribution in [1.82, 2.24) is 15.0 Å². The zero-order chi connectivity index (χ0) is 25.4. The molecule has 4 saturated carbocycles. The number of carbonyl (C=O) groups excluding carboxylic acids is 1. The third-order valence-corrected chi connectivity index (χ3v) is 10.9. The molecule has 7 nitrogen and oxygen atoms in total. The van der Waals surface area contributed by atoms with Gasteiger partial charge in [-0.25, -0.2) is 13.1 Å². The smallest absolute Gasteiger partial charge is 0.323 e. The van der Waals surface area contributed by atoms with Crippen molar-refractivity contribution in [2.24, 2.45) is 17.8 Å². The van der Waals surface area contributed by atoms with Gasteiger partial charge >= 0.3 is 5.97 Å². The van der Waals surface area contributed by atoms with Crippen LogP contribution < -0.4 is 10.0 Å². The van der Waals surface area contributed by atoms with Gasteiger partial charge < -0.3 is 9.72 Å². The summed E-state index contributed by atoms with van der Waals surface area (Å²) in [6.45, 7) is 0. The molecular weight excluding hydrogens is 486 g/mol. The van der Waals surface area contributed by atoms with E-state index in [1.807, 2.05) is 30.3 Å². The summed E-state index contributed by atoms with van der Waals surface area (Å²) in [6.07, 6.45) is 7.26. The van der Waals surface area contributed by atoms with Crippen LogP contribution in [0.25, 0.3) is 10.9 Å². The number of fused-ring (bicyclic) bond motifs is 3. The quantitative estimate of drug-likeness (QED) is 0.439. The third kappa shape index (κ3) is 3.92. The number of para-hydroxylation sites is 1. The number of benzene rings is 2. The van der Waals surface area contributed by atoms with Crippen LogP contribution in [0, 0.1) is 17.8 Å². The van der Waals surface area contributed by atoms with Gasteiger partial charge in [0.05, 0.1) is 18.0 Å². The number of rotatable bonds is 5. The number of ether oxygens (including phenoxy) is 1. The molecule has 2 atom stereocenters. The highest BCUT2D eigenvalue weighted by molar-refractivity contribution is 7.89. The standard InChI is InChI=1S/C29H33N3O4S/c1-36-28(33)25-13-23-22-4-2-3-5-24(22)30-27(23)26(31-25)20-6-8-21(9-7-20)37(34,35)32-29-14-17-10-18(15-29)12-19(11-17)16-29/h2-9,17-19,25-26,30-32H,10-16H2,1H3/t17-,18+,19-,25-,26+,29-/m1/s1. The lowest BCUT2D eigenvalue weighted by atomic mass is 9.53. The van der Waals surface area contributed by atoms with Gasteiger partial charge in [-0.1, -0.05) is 30.3 Å². The Labute approximate surface area is 217 Å². The first-order chi connectivity index (χ1) is 17.8. The van der Waals surface area contributed by atoms with Crippen LogP contribution in [-0.2, 0) is 26.0 Å². The predicted molar refractivity (Wildman–Crippen MR) is 140 cm³/mol. The van der Waals surface area contributed by atoms with E-state index in [-0.39, 0.29) is 17.6 Å². The summed E-state index contributed by atoms with van der Waals surface area (Å²) in [5.74, 6) is 1.70. The Morgan fingerprint density at radius 2 is 1.62 bits per heavy atom. The molecule has 1 aliphatic heterocycles. The van der Waals surface area contributed by atoms with Gasteiger partial charge in [0.15, 0.2) is 0 Å². The van der Waals surface area contributed by atoms with Gasteiger partial charge in [-0.15, -0.1) is 0 Å². The predicted octanol–water partition coefficient (Wildman–Crippen LogP) is 4.19. The summed E-state index contributed by atoms with van der Waals surface area (Å²) >= 11 is 0. The second kappa shape index (κ2) is 8.41. The highest BCUT2D eigenvalue weighted by Gasteiger charge is 2.52. The Balaban J connectivity index is 1.19. The minimum Gasteiger partial charge on any atom is -0.468 e. The highest BCUT2D eigenvalue weighted by Crippen LogP contribution is 2.56. The van der Waals surface area contributed by atoms with Gasteiger partial charge in [0.2, 0.25) is 10.0 Å². The van der Waals surface area contributed by atoms with E-state index in [4.69, 9.17) is 4.74 Å². The fraction of sp³-hybridized carbons (Fsp3) is 0.483. The molecule has 3 aromatic rings. The first-order valence-corrected chi connectivity index (χ1v) is 14.9. The molecule has 8 heteroatoms. The molecule has 4 aliphatic carbocycles. The fourth-order valence-corrected chi connectivity index (χ4v) is 9.64. The van der Waals surface area contributed by atoms with E-state index in [0.717, 1.165) is 47.0 Å². The molecule has 0 unspecified atom stereocenters. The maximum absolute atomic E-state index is 13.5. The topological polar surface area (TPSA) is 100 Å². The number of aromatic nitrogens is 1. The largest absolute Gasteiger partial charge is 0.468 e. The van der Waals surface area contributed by atoms with Crippen LogP contribution >= 0.6 is 0 Å². The van der Waals surface area contributed by atoms with E-state index >= 15 is 0 Å². The van der Waals surface area contributed by atoms with Crippen molar-refractivity contribution in [3.8, 4) is 0 Å². The van der Waals surface area contributed by atoms with Crippen LogP contribution in [0.4, 0.5) is 0 Å². The van der Waals surface area contributed by atoms with Gasteiger partial charge in [-0.05, 0) is 85.6 Å². The molecule has 4 bridgehead atoms. The zero-order valence-corrected chi connectivity index (χ0v) is 21.8. The third-order valence-electron chi connectivity index (χ3n) is 9.31. The molecule has 5 aliphatic rings. The molecule has 194 valence electrons. The van der Waals surface area contributed by atoms with Crippen molar-refractivity contribution in [1.29, 1.82) is 0 Å². The van der Waals surface area contributed by atoms with Crippen LogP contribution in [0.3, 0.4) is 0 Å². The minimum absolute atomic E-state index is 0.274. The number of sulfonamides is 1. The van der Waals surface area contributed by atoms with Crippen molar-refractivity contribution >= 4 is 26.9 Å². The number of hydrogen-bond donors (Lipinski definition) is 3. The first-order valence-electron chi connectivity index (χ1n) is 13.4. The molecule has 0 spiro atoms. The molecule has 3 N–H and O–H groups in total. The van der Waals surface area contributed by atoms with Crippen LogP contribution in [-0.4, -0.2) is 38.1 Å². The fourth-order valence-electron chi connectivity index (χ4n) is 8.21. The van der Waals surface area contributed by atoms with Crippen LogP contribution in [0.2, 0.25) is 0 Å². The Morgan fingerprint density at radius 3 is 2.27 bits per heavy atom. The Kier molecular flexibility index (Phi) is 5.33. The maximum atomic E-state index is 13.5. The van der Waals surface area contributed by atoms with Crippen molar-refractivity contribution in [3.63, 3.8) is 0 Å². The molecule has 2 heterocycles. The van der Waals surface area contributed by atoms with E-state index in [1.165, 1.54) is 26.4 Å². The van der Waals surface area contributed by atoms with Gasteiger partial charge in [-0.2, -0.15) is 0 Å². The number of nitrogens with one attached hydrogen (secondary N) is 3. The molecule has 0 saturated heterocycles. The van der Waals surface area contributed by atoms with Crippen molar-refractivity contribution < 1.29 is 17.9 Å². The molecule has 8 rings (SSSR count). The summed E-state index contributed by atoms with van der Waals surface area (Å²) < 4.78 is 35.2. The number of esters is 1. The van der Waals surface area contributed by atoms with E-state index in [0.29, 0.717) is 29.1 Å². The number of hydrogen-bond acceptors (Lipinski definition) is 5. The van der Waals surface area contributed by atoms with E-state index < -0.39 is 16.1 Å². The Hall–Kier alpha value is -2.68. The summed E-state index contributed by atoms with van der Waals surface area (Å²) in [7, 11) is -2.23. The molecule has 0 amide bonds. The van der Waals surface area contributed by atoms with Crippen LogP contribution in [0.5, 0.6) is 0 Å².